The molecule has 0 spiro atoms. The maximum atomic E-state index is 13.0. The fourth-order valence-electron chi connectivity index (χ4n) is 2.38. The van der Waals surface area contributed by atoms with Gasteiger partial charge < -0.3 is 10.1 Å². The summed E-state index contributed by atoms with van der Waals surface area (Å²) in [4.78, 5) is 0. The van der Waals surface area contributed by atoms with E-state index in [-0.39, 0.29) is 11.8 Å². The molecule has 0 aliphatic carbocycles. The number of thioether (sulfide) groups is 1. The van der Waals surface area contributed by atoms with Crippen LogP contribution in [0.25, 0.3) is 0 Å². The fourth-order valence-corrected chi connectivity index (χ4v) is 4.23. The summed E-state index contributed by atoms with van der Waals surface area (Å²) >= 11 is 2.77. The van der Waals surface area contributed by atoms with Gasteiger partial charge >= 0.3 is 6.18 Å². The second-order valence-corrected chi connectivity index (χ2v) is 7.59. The molecule has 2 heterocycles. The third-order valence-electron chi connectivity index (χ3n) is 3.55. The Hall–Kier alpha value is -1.32. The first-order chi connectivity index (χ1) is 11.5. The van der Waals surface area contributed by atoms with E-state index in [0.29, 0.717) is 5.13 Å². The van der Waals surface area contributed by atoms with Crippen molar-refractivity contribution in [2.24, 2.45) is 0 Å². The van der Waals surface area contributed by atoms with Crippen LogP contribution in [-0.4, -0.2) is 28.7 Å². The van der Waals surface area contributed by atoms with Crippen molar-refractivity contribution in [3.63, 3.8) is 0 Å². The quantitative estimate of drug-likeness (QED) is 0.749. The summed E-state index contributed by atoms with van der Waals surface area (Å²) < 4.78 is 45.3. The van der Waals surface area contributed by atoms with Gasteiger partial charge in [-0.15, -0.1) is 10.2 Å². The van der Waals surface area contributed by atoms with Crippen LogP contribution in [-0.2, 0) is 10.9 Å². The van der Waals surface area contributed by atoms with Crippen LogP contribution in [0.15, 0.2) is 28.6 Å². The first kappa shape index (κ1) is 17.5. The van der Waals surface area contributed by atoms with Crippen LogP contribution in [0.5, 0.6) is 0 Å². The fraction of sp³-hybridized carbons (Fsp3) is 0.467. The number of aromatic nitrogens is 2. The van der Waals surface area contributed by atoms with Crippen LogP contribution >= 0.6 is 23.1 Å². The van der Waals surface area contributed by atoms with Crippen molar-refractivity contribution in [1.82, 2.24) is 10.2 Å². The number of hydrogen-bond donors (Lipinski definition) is 1. The zero-order chi connectivity index (χ0) is 17.0. The number of benzene rings is 1. The molecule has 1 atom stereocenters. The minimum Gasteiger partial charge on any atom is -0.377 e. The average molecular weight is 375 g/mol. The smallest absolute Gasteiger partial charge is 0.377 e. The van der Waals surface area contributed by atoms with Crippen LogP contribution in [0.3, 0.4) is 0 Å². The van der Waals surface area contributed by atoms with Gasteiger partial charge in [0.15, 0.2) is 4.34 Å². The lowest BCUT2D eigenvalue weighted by Gasteiger charge is -2.21. The third kappa shape index (κ3) is 4.61. The predicted octanol–water partition coefficient (Wildman–Crippen LogP) is 4.96. The molecular formula is C15H16F3N3OS2. The molecule has 4 nitrogen and oxygen atoms in total. The van der Waals surface area contributed by atoms with Gasteiger partial charge in [-0.25, -0.2) is 0 Å². The van der Waals surface area contributed by atoms with Crippen molar-refractivity contribution < 1.29 is 17.9 Å². The monoisotopic (exact) mass is 375 g/mol. The summed E-state index contributed by atoms with van der Waals surface area (Å²) in [5.41, 5.74) is -0.738. The van der Waals surface area contributed by atoms with Gasteiger partial charge in [-0.3, -0.25) is 0 Å². The summed E-state index contributed by atoms with van der Waals surface area (Å²) in [6.45, 7) is 0.794. The van der Waals surface area contributed by atoms with Gasteiger partial charge in [-0.05, 0) is 31.4 Å². The van der Waals surface area contributed by atoms with Gasteiger partial charge in [0.1, 0.15) is 0 Å². The molecule has 130 valence electrons. The number of rotatable bonds is 5. The highest BCUT2D eigenvalue weighted by molar-refractivity contribution is 8.01. The van der Waals surface area contributed by atoms with Crippen LogP contribution in [0.4, 0.5) is 24.0 Å². The SMILES string of the molecule is FC(F)(F)c1ccccc1Nc1nnc(SC[C@H]2CCCCO2)s1. The number of ether oxygens (including phenoxy) is 1. The summed E-state index contributed by atoms with van der Waals surface area (Å²) in [6.07, 6.45) is -0.884. The highest BCUT2D eigenvalue weighted by atomic mass is 32.2. The lowest BCUT2D eigenvalue weighted by molar-refractivity contribution is -0.136. The standard InChI is InChI=1S/C15H16F3N3OS2/c16-15(17,18)11-6-1-2-7-12(11)19-13-20-21-14(24-13)23-9-10-5-3-4-8-22-10/h1-2,6-7,10H,3-5,8-9H2,(H,19,20)/t10-/m1/s1. The Morgan fingerprint density at radius 2 is 2.08 bits per heavy atom. The van der Waals surface area contributed by atoms with E-state index in [1.807, 2.05) is 0 Å². The second kappa shape index (κ2) is 7.71. The van der Waals surface area contributed by atoms with Crippen LogP contribution in [0, 0.1) is 0 Å². The molecule has 0 saturated carbocycles. The van der Waals surface area contributed by atoms with Crippen molar-refractivity contribution in [2.45, 2.75) is 35.9 Å². The summed E-state index contributed by atoms with van der Waals surface area (Å²) in [5, 5.41) is 11.0. The molecule has 1 aliphatic heterocycles. The minimum atomic E-state index is -4.41. The van der Waals surface area contributed by atoms with Gasteiger partial charge in [0.2, 0.25) is 5.13 Å². The molecule has 1 saturated heterocycles. The van der Waals surface area contributed by atoms with Gasteiger partial charge in [-0.2, -0.15) is 13.2 Å². The molecule has 0 bridgehead atoms. The maximum absolute atomic E-state index is 13.0. The van der Waals surface area contributed by atoms with E-state index < -0.39 is 11.7 Å². The normalized spacial score (nSPS) is 18.5. The molecule has 0 unspecified atom stereocenters. The van der Waals surface area contributed by atoms with E-state index in [1.165, 1.54) is 41.7 Å². The molecule has 24 heavy (non-hydrogen) atoms. The Bertz CT molecular complexity index is 672. The molecule has 3 rings (SSSR count). The molecule has 1 aliphatic rings. The number of para-hydroxylation sites is 1. The Kier molecular flexibility index (Phi) is 5.62. The highest BCUT2D eigenvalue weighted by Crippen LogP contribution is 2.37. The van der Waals surface area contributed by atoms with Gasteiger partial charge in [0, 0.05) is 12.4 Å². The Balaban J connectivity index is 1.62. The van der Waals surface area contributed by atoms with E-state index in [0.717, 1.165) is 35.6 Å². The van der Waals surface area contributed by atoms with Crippen LogP contribution < -0.4 is 5.32 Å². The Morgan fingerprint density at radius 1 is 1.25 bits per heavy atom. The molecule has 1 N–H and O–H groups in total. The molecule has 9 heteroatoms. The molecule has 0 amide bonds. The van der Waals surface area contributed by atoms with Crippen molar-refractivity contribution >= 4 is 33.9 Å². The number of anilines is 2. The molecule has 1 aromatic heterocycles. The maximum Gasteiger partial charge on any atom is 0.418 e. The zero-order valence-electron chi connectivity index (χ0n) is 12.7. The highest BCUT2D eigenvalue weighted by Gasteiger charge is 2.33. The predicted molar refractivity (Wildman–Crippen MR) is 89.0 cm³/mol. The van der Waals surface area contributed by atoms with E-state index in [9.17, 15) is 13.2 Å². The summed E-state index contributed by atoms with van der Waals surface area (Å²) in [5.74, 6) is 0.785. The van der Waals surface area contributed by atoms with E-state index in [1.54, 1.807) is 6.07 Å². The number of hydrogen-bond acceptors (Lipinski definition) is 6. The van der Waals surface area contributed by atoms with Crippen LogP contribution in [0.2, 0.25) is 0 Å². The summed E-state index contributed by atoms with van der Waals surface area (Å²) in [7, 11) is 0. The zero-order valence-corrected chi connectivity index (χ0v) is 14.3. The molecule has 1 aromatic carbocycles. The third-order valence-corrected chi connectivity index (χ3v) is 5.65. The van der Waals surface area contributed by atoms with Crippen molar-refractivity contribution in [2.75, 3.05) is 17.7 Å². The Morgan fingerprint density at radius 3 is 2.83 bits per heavy atom. The largest absolute Gasteiger partial charge is 0.418 e. The number of halogens is 3. The van der Waals surface area contributed by atoms with Gasteiger partial charge in [0.25, 0.3) is 0 Å². The van der Waals surface area contributed by atoms with E-state index >= 15 is 0 Å². The number of alkyl halides is 3. The van der Waals surface area contributed by atoms with Crippen LogP contribution in [0.1, 0.15) is 24.8 Å². The van der Waals surface area contributed by atoms with E-state index in [2.05, 4.69) is 15.5 Å². The Labute approximate surface area is 145 Å². The van der Waals surface area contributed by atoms with Crippen molar-refractivity contribution in [3.8, 4) is 0 Å². The van der Waals surface area contributed by atoms with Crippen molar-refractivity contribution in [1.29, 1.82) is 0 Å². The topological polar surface area (TPSA) is 47.0 Å². The van der Waals surface area contributed by atoms with Gasteiger partial charge in [-0.1, -0.05) is 35.2 Å². The number of nitrogens with one attached hydrogen (secondary N) is 1. The number of nitrogens with zero attached hydrogens (tertiary/aromatic N) is 2. The first-order valence-corrected chi connectivity index (χ1v) is 9.34. The van der Waals surface area contributed by atoms with Gasteiger partial charge in [0.05, 0.1) is 17.4 Å². The first-order valence-electron chi connectivity index (χ1n) is 7.53. The summed E-state index contributed by atoms with van der Waals surface area (Å²) in [6, 6.07) is 5.33. The minimum absolute atomic E-state index is 0.0201. The average Bonchev–Trinajstić information content (AvgIpc) is 3.01. The molecule has 0 radical (unpaired) electrons. The molecule has 2 aromatic rings. The molecule has 1 fully saturated rings. The second-order valence-electron chi connectivity index (χ2n) is 5.34. The lowest BCUT2D eigenvalue weighted by Crippen LogP contribution is -2.21. The van der Waals surface area contributed by atoms with Crippen molar-refractivity contribution in [3.05, 3.63) is 29.8 Å². The van der Waals surface area contributed by atoms with E-state index in [4.69, 9.17) is 4.74 Å². The molecular weight excluding hydrogens is 359 g/mol. The lowest BCUT2D eigenvalue weighted by atomic mass is 10.1.